The Morgan fingerprint density at radius 3 is 2.36 bits per heavy atom. The molecule has 1 aliphatic carbocycles. The lowest BCUT2D eigenvalue weighted by Gasteiger charge is -2.10. The maximum atomic E-state index is 2.37. The van der Waals surface area contributed by atoms with E-state index >= 15 is 0 Å². The van der Waals surface area contributed by atoms with Gasteiger partial charge in [0.25, 0.3) is 0 Å². The summed E-state index contributed by atoms with van der Waals surface area (Å²) in [4.78, 5) is 0. The van der Waals surface area contributed by atoms with Crippen LogP contribution in [0.5, 0.6) is 0 Å². The number of fused-ring (bicyclic) bond motifs is 1. The topological polar surface area (TPSA) is 0 Å². The maximum Gasteiger partial charge on any atom is -0.00578 e. The van der Waals surface area contributed by atoms with Gasteiger partial charge < -0.3 is 0 Å². The quantitative estimate of drug-likeness (QED) is 0.659. The molecule has 0 nitrogen and oxygen atoms in total. The van der Waals surface area contributed by atoms with Crippen LogP contribution in [0.25, 0.3) is 6.08 Å². The van der Waals surface area contributed by atoms with E-state index in [4.69, 9.17) is 0 Å². The molecular formula is C14H18. The lowest BCUT2D eigenvalue weighted by Crippen LogP contribution is -1.96. The van der Waals surface area contributed by atoms with E-state index < -0.39 is 0 Å². The van der Waals surface area contributed by atoms with Gasteiger partial charge in [0, 0.05) is 0 Å². The van der Waals surface area contributed by atoms with Crippen molar-refractivity contribution in [2.75, 3.05) is 0 Å². The fraction of sp³-hybridized carbons (Fsp3) is 0.429. The van der Waals surface area contributed by atoms with Crippen LogP contribution in [-0.2, 0) is 19.3 Å². The van der Waals surface area contributed by atoms with Crippen LogP contribution in [0.3, 0.4) is 0 Å². The molecule has 1 aromatic rings. The SMILES string of the molecule is CCc1ccc(CC)c2c1C=C(C)C2. The van der Waals surface area contributed by atoms with E-state index in [1.165, 1.54) is 28.7 Å². The molecule has 0 N–H and O–H groups in total. The number of rotatable bonds is 2. The summed E-state index contributed by atoms with van der Waals surface area (Å²) in [5, 5.41) is 0. The van der Waals surface area contributed by atoms with Gasteiger partial charge in [-0.15, -0.1) is 0 Å². The van der Waals surface area contributed by atoms with Gasteiger partial charge in [0.15, 0.2) is 0 Å². The predicted octanol–water partition coefficient (Wildman–Crippen LogP) is 3.77. The molecule has 0 heteroatoms. The molecule has 0 atom stereocenters. The first kappa shape index (κ1) is 9.51. The third-order valence-corrected chi connectivity index (χ3v) is 3.15. The van der Waals surface area contributed by atoms with Gasteiger partial charge in [0.1, 0.15) is 0 Å². The minimum absolute atomic E-state index is 1.15. The van der Waals surface area contributed by atoms with Gasteiger partial charge in [-0.25, -0.2) is 0 Å². The monoisotopic (exact) mass is 186 g/mol. The lowest BCUT2D eigenvalue weighted by atomic mass is 9.95. The van der Waals surface area contributed by atoms with Gasteiger partial charge in [-0.2, -0.15) is 0 Å². The molecule has 1 aromatic carbocycles. The molecule has 2 rings (SSSR count). The molecule has 0 aromatic heterocycles. The van der Waals surface area contributed by atoms with Crippen LogP contribution in [-0.4, -0.2) is 0 Å². The molecule has 0 unspecified atom stereocenters. The zero-order valence-electron chi connectivity index (χ0n) is 9.35. The fourth-order valence-electron chi connectivity index (χ4n) is 2.36. The molecule has 0 spiro atoms. The highest BCUT2D eigenvalue weighted by molar-refractivity contribution is 5.68. The molecule has 0 aliphatic heterocycles. The highest BCUT2D eigenvalue weighted by Gasteiger charge is 2.15. The minimum Gasteiger partial charge on any atom is -0.0683 e. The summed E-state index contributed by atoms with van der Waals surface area (Å²) in [6.45, 7) is 6.72. The van der Waals surface area contributed by atoms with Crippen LogP contribution in [0, 0.1) is 0 Å². The molecule has 74 valence electrons. The van der Waals surface area contributed by atoms with Crippen molar-refractivity contribution in [2.45, 2.75) is 40.0 Å². The van der Waals surface area contributed by atoms with Crippen molar-refractivity contribution < 1.29 is 0 Å². The fourth-order valence-corrected chi connectivity index (χ4v) is 2.36. The molecule has 0 bridgehead atoms. The van der Waals surface area contributed by atoms with Crippen molar-refractivity contribution in [2.24, 2.45) is 0 Å². The average Bonchev–Trinajstić information content (AvgIpc) is 2.57. The molecule has 0 saturated carbocycles. The molecule has 0 fully saturated rings. The Morgan fingerprint density at radius 1 is 1.07 bits per heavy atom. The number of aryl methyl sites for hydroxylation is 2. The van der Waals surface area contributed by atoms with E-state index in [9.17, 15) is 0 Å². The molecule has 0 radical (unpaired) electrons. The van der Waals surface area contributed by atoms with E-state index in [0.29, 0.717) is 0 Å². The van der Waals surface area contributed by atoms with E-state index in [2.05, 4.69) is 39.0 Å². The van der Waals surface area contributed by atoms with Crippen LogP contribution in [0.2, 0.25) is 0 Å². The lowest BCUT2D eigenvalue weighted by molar-refractivity contribution is 1.04. The van der Waals surface area contributed by atoms with Crippen molar-refractivity contribution in [3.8, 4) is 0 Å². The Bertz CT molecular complexity index is 383. The van der Waals surface area contributed by atoms with Crippen LogP contribution in [0.1, 0.15) is 43.0 Å². The second-order valence-corrected chi connectivity index (χ2v) is 4.15. The Kier molecular flexibility index (Phi) is 2.45. The van der Waals surface area contributed by atoms with E-state index in [0.717, 1.165) is 12.8 Å². The Balaban J connectivity index is 2.57. The van der Waals surface area contributed by atoms with Crippen LogP contribution in [0.4, 0.5) is 0 Å². The van der Waals surface area contributed by atoms with Crippen molar-refractivity contribution in [1.29, 1.82) is 0 Å². The van der Waals surface area contributed by atoms with E-state index in [1.807, 2.05) is 0 Å². The molecule has 0 amide bonds. The van der Waals surface area contributed by atoms with Gasteiger partial charge in [-0.05, 0) is 48.4 Å². The third-order valence-electron chi connectivity index (χ3n) is 3.15. The van der Waals surface area contributed by atoms with Gasteiger partial charge in [0.2, 0.25) is 0 Å². The van der Waals surface area contributed by atoms with Crippen molar-refractivity contribution in [3.05, 3.63) is 40.0 Å². The molecule has 14 heavy (non-hydrogen) atoms. The molecule has 0 saturated heterocycles. The standard InChI is InChI=1S/C14H18/c1-4-11-6-7-12(5-2)14-9-10(3)8-13(11)14/h6-8H,4-5,9H2,1-3H3. The second-order valence-electron chi connectivity index (χ2n) is 4.15. The van der Waals surface area contributed by atoms with Crippen LogP contribution >= 0.6 is 0 Å². The first-order valence-corrected chi connectivity index (χ1v) is 5.57. The summed E-state index contributed by atoms with van der Waals surface area (Å²) < 4.78 is 0. The maximum absolute atomic E-state index is 2.37. The summed E-state index contributed by atoms with van der Waals surface area (Å²) in [6.07, 6.45) is 5.85. The van der Waals surface area contributed by atoms with Gasteiger partial charge in [0.05, 0.1) is 0 Å². The van der Waals surface area contributed by atoms with Crippen LogP contribution < -0.4 is 0 Å². The van der Waals surface area contributed by atoms with E-state index in [-0.39, 0.29) is 0 Å². The molecule has 0 heterocycles. The Labute approximate surface area is 86.7 Å². The first-order valence-electron chi connectivity index (χ1n) is 5.57. The highest BCUT2D eigenvalue weighted by atomic mass is 14.2. The second kappa shape index (κ2) is 3.61. The van der Waals surface area contributed by atoms with Gasteiger partial charge in [-0.1, -0.05) is 37.6 Å². The van der Waals surface area contributed by atoms with Crippen molar-refractivity contribution >= 4 is 6.08 Å². The number of benzene rings is 1. The molecular weight excluding hydrogens is 168 g/mol. The smallest absolute Gasteiger partial charge is 0.00578 e. The number of allylic oxidation sites excluding steroid dienone is 1. The third kappa shape index (κ3) is 1.39. The summed E-state index contributed by atoms with van der Waals surface area (Å²) >= 11 is 0. The highest BCUT2D eigenvalue weighted by Crippen LogP contribution is 2.31. The predicted molar refractivity (Wildman–Crippen MR) is 62.6 cm³/mol. The van der Waals surface area contributed by atoms with Crippen molar-refractivity contribution in [1.82, 2.24) is 0 Å². The normalized spacial score (nSPS) is 14.1. The Hall–Kier alpha value is -1.04. The zero-order valence-corrected chi connectivity index (χ0v) is 9.35. The molecule has 1 aliphatic rings. The summed E-state index contributed by atoms with van der Waals surface area (Å²) in [6, 6.07) is 4.61. The Morgan fingerprint density at radius 2 is 1.71 bits per heavy atom. The summed E-state index contributed by atoms with van der Waals surface area (Å²) in [7, 11) is 0. The summed E-state index contributed by atoms with van der Waals surface area (Å²) in [5.41, 5.74) is 7.66. The van der Waals surface area contributed by atoms with Crippen LogP contribution in [0.15, 0.2) is 17.7 Å². The van der Waals surface area contributed by atoms with Gasteiger partial charge >= 0.3 is 0 Å². The minimum atomic E-state index is 1.15. The summed E-state index contributed by atoms with van der Waals surface area (Å²) in [5.74, 6) is 0. The average molecular weight is 186 g/mol. The first-order chi connectivity index (χ1) is 6.76. The van der Waals surface area contributed by atoms with Crippen molar-refractivity contribution in [3.63, 3.8) is 0 Å². The van der Waals surface area contributed by atoms with Gasteiger partial charge in [-0.3, -0.25) is 0 Å². The number of hydrogen-bond acceptors (Lipinski definition) is 0. The largest absolute Gasteiger partial charge is 0.0683 e. The zero-order chi connectivity index (χ0) is 10.1. The van der Waals surface area contributed by atoms with E-state index in [1.54, 1.807) is 5.56 Å². The number of hydrogen-bond donors (Lipinski definition) is 0.